The summed E-state index contributed by atoms with van der Waals surface area (Å²) < 4.78 is 0. The molecule has 16 heavy (non-hydrogen) atoms. The van der Waals surface area contributed by atoms with Gasteiger partial charge in [0, 0.05) is 11.1 Å². The molecule has 1 aliphatic heterocycles. The predicted molar refractivity (Wildman–Crippen MR) is 65.7 cm³/mol. The number of thiazole rings is 1. The largest absolute Gasteiger partial charge is 0.306 e. The number of hydrogen-bond donors (Lipinski definition) is 2. The first kappa shape index (κ1) is 11.5. The number of carbonyl (C=O) groups excluding carboxylic acids is 1. The second kappa shape index (κ2) is 5.41. The zero-order valence-corrected chi connectivity index (χ0v) is 10.3. The Kier molecular flexibility index (Phi) is 3.90. The minimum atomic E-state index is -0.0493. The SMILES string of the molecule is Cc1cnc(NC(=O)C2CCCCCN2)s1. The van der Waals surface area contributed by atoms with Gasteiger partial charge in [-0.15, -0.1) is 11.3 Å². The number of aromatic nitrogens is 1. The number of hydrogen-bond acceptors (Lipinski definition) is 4. The Balaban J connectivity index is 1.91. The number of aryl methyl sites for hydroxylation is 1. The molecule has 1 fully saturated rings. The van der Waals surface area contributed by atoms with Crippen LogP contribution in [0.2, 0.25) is 0 Å². The van der Waals surface area contributed by atoms with Crippen molar-refractivity contribution in [3.8, 4) is 0 Å². The van der Waals surface area contributed by atoms with Crippen molar-refractivity contribution in [2.75, 3.05) is 11.9 Å². The van der Waals surface area contributed by atoms with E-state index >= 15 is 0 Å². The van der Waals surface area contributed by atoms with Crippen LogP contribution >= 0.6 is 11.3 Å². The van der Waals surface area contributed by atoms with Crippen LogP contribution < -0.4 is 10.6 Å². The third-order valence-electron chi connectivity index (χ3n) is 2.73. The fraction of sp³-hybridized carbons (Fsp3) is 0.636. The number of carbonyl (C=O) groups is 1. The number of anilines is 1. The van der Waals surface area contributed by atoms with E-state index in [1.165, 1.54) is 24.2 Å². The van der Waals surface area contributed by atoms with Gasteiger partial charge in [-0.25, -0.2) is 4.98 Å². The zero-order valence-electron chi connectivity index (χ0n) is 9.45. The van der Waals surface area contributed by atoms with Gasteiger partial charge in [0.25, 0.3) is 0 Å². The number of amides is 1. The highest BCUT2D eigenvalue weighted by atomic mass is 32.1. The molecule has 1 unspecified atom stereocenters. The van der Waals surface area contributed by atoms with Crippen LogP contribution in [-0.4, -0.2) is 23.5 Å². The van der Waals surface area contributed by atoms with Crippen molar-refractivity contribution >= 4 is 22.4 Å². The average Bonchev–Trinajstić information content (AvgIpc) is 2.56. The van der Waals surface area contributed by atoms with Crippen LogP contribution in [0, 0.1) is 6.92 Å². The van der Waals surface area contributed by atoms with Gasteiger partial charge in [-0.1, -0.05) is 12.8 Å². The number of nitrogens with one attached hydrogen (secondary N) is 2. The van der Waals surface area contributed by atoms with Gasteiger partial charge < -0.3 is 10.6 Å². The lowest BCUT2D eigenvalue weighted by atomic mass is 10.1. The summed E-state index contributed by atoms with van der Waals surface area (Å²) in [6, 6.07) is -0.0493. The van der Waals surface area contributed by atoms with E-state index in [4.69, 9.17) is 0 Å². The minimum Gasteiger partial charge on any atom is -0.306 e. The Morgan fingerprint density at radius 3 is 3.19 bits per heavy atom. The summed E-state index contributed by atoms with van der Waals surface area (Å²) in [5.74, 6) is 0.0521. The molecule has 2 N–H and O–H groups in total. The van der Waals surface area contributed by atoms with E-state index < -0.39 is 0 Å². The second-order valence-electron chi connectivity index (χ2n) is 4.12. The summed E-state index contributed by atoms with van der Waals surface area (Å²) in [5.41, 5.74) is 0. The van der Waals surface area contributed by atoms with E-state index in [-0.39, 0.29) is 11.9 Å². The van der Waals surface area contributed by atoms with Gasteiger partial charge in [-0.3, -0.25) is 4.79 Å². The van der Waals surface area contributed by atoms with Crippen molar-refractivity contribution < 1.29 is 4.79 Å². The lowest BCUT2D eigenvalue weighted by Crippen LogP contribution is -2.39. The van der Waals surface area contributed by atoms with Crippen molar-refractivity contribution in [2.45, 2.75) is 38.6 Å². The number of nitrogens with zero attached hydrogens (tertiary/aromatic N) is 1. The molecule has 5 heteroatoms. The van der Waals surface area contributed by atoms with E-state index in [0.717, 1.165) is 24.3 Å². The lowest BCUT2D eigenvalue weighted by molar-refractivity contribution is -0.118. The quantitative estimate of drug-likeness (QED) is 0.829. The molecule has 0 saturated carbocycles. The molecule has 0 aliphatic carbocycles. The Morgan fingerprint density at radius 1 is 1.56 bits per heavy atom. The maximum atomic E-state index is 11.9. The molecule has 1 amide bonds. The molecular weight excluding hydrogens is 222 g/mol. The summed E-state index contributed by atoms with van der Waals surface area (Å²) in [6.07, 6.45) is 6.21. The molecule has 2 heterocycles. The van der Waals surface area contributed by atoms with Crippen LogP contribution in [0.1, 0.15) is 30.6 Å². The van der Waals surface area contributed by atoms with Gasteiger partial charge >= 0.3 is 0 Å². The minimum absolute atomic E-state index is 0.0493. The van der Waals surface area contributed by atoms with Gasteiger partial charge in [0.05, 0.1) is 6.04 Å². The van der Waals surface area contributed by atoms with Gasteiger partial charge in [0.1, 0.15) is 0 Å². The maximum Gasteiger partial charge on any atom is 0.243 e. The Labute approximate surface area is 99.5 Å². The Bertz CT molecular complexity index is 356. The van der Waals surface area contributed by atoms with Gasteiger partial charge in [-0.2, -0.15) is 0 Å². The third kappa shape index (κ3) is 3.02. The summed E-state index contributed by atoms with van der Waals surface area (Å²) in [7, 11) is 0. The molecule has 1 aliphatic rings. The molecule has 88 valence electrons. The fourth-order valence-electron chi connectivity index (χ4n) is 1.86. The van der Waals surface area contributed by atoms with Crippen molar-refractivity contribution in [2.24, 2.45) is 0 Å². The molecule has 0 aromatic carbocycles. The molecule has 4 nitrogen and oxygen atoms in total. The smallest absolute Gasteiger partial charge is 0.243 e. The second-order valence-corrected chi connectivity index (χ2v) is 5.36. The lowest BCUT2D eigenvalue weighted by Gasteiger charge is -2.13. The van der Waals surface area contributed by atoms with Crippen molar-refractivity contribution in [3.05, 3.63) is 11.1 Å². The first-order chi connectivity index (χ1) is 7.75. The zero-order chi connectivity index (χ0) is 11.4. The van der Waals surface area contributed by atoms with Crippen molar-refractivity contribution in [1.82, 2.24) is 10.3 Å². The highest BCUT2D eigenvalue weighted by molar-refractivity contribution is 7.15. The maximum absolute atomic E-state index is 11.9. The molecule has 1 atom stereocenters. The van der Waals surface area contributed by atoms with Gasteiger partial charge in [-0.05, 0) is 26.3 Å². The predicted octanol–water partition coefficient (Wildman–Crippen LogP) is 1.92. The van der Waals surface area contributed by atoms with Gasteiger partial charge in [0.2, 0.25) is 5.91 Å². The molecular formula is C11H17N3OS. The summed E-state index contributed by atoms with van der Waals surface area (Å²) in [4.78, 5) is 17.2. The molecule has 0 radical (unpaired) electrons. The van der Waals surface area contributed by atoms with E-state index in [9.17, 15) is 4.79 Å². The van der Waals surface area contributed by atoms with E-state index in [1.54, 1.807) is 6.20 Å². The Hall–Kier alpha value is -0.940. The van der Waals surface area contributed by atoms with Crippen LogP contribution in [0.4, 0.5) is 5.13 Å². The third-order valence-corrected chi connectivity index (χ3v) is 3.56. The fourth-order valence-corrected chi connectivity index (χ4v) is 2.52. The van der Waals surface area contributed by atoms with Crippen LogP contribution in [-0.2, 0) is 4.79 Å². The molecule has 1 saturated heterocycles. The summed E-state index contributed by atoms with van der Waals surface area (Å²) in [5, 5.41) is 6.84. The monoisotopic (exact) mass is 239 g/mol. The molecule has 0 bridgehead atoms. The molecule has 1 aromatic heterocycles. The van der Waals surface area contributed by atoms with Gasteiger partial charge in [0.15, 0.2) is 5.13 Å². The highest BCUT2D eigenvalue weighted by Crippen LogP contribution is 2.17. The summed E-state index contributed by atoms with van der Waals surface area (Å²) in [6.45, 7) is 2.92. The van der Waals surface area contributed by atoms with Crippen LogP contribution in [0.25, 0.3) is 0 Å². The number of rotatable bonds is 2. The standard InChI is InChI=1S/C11H17N3OS/c1-8-7-13-11(16-8)14-10(15)9-5-3-2-4-6-12-9/h7,9,12H,2-6H2,1H3,(H,13,14,15). The van der Waals surface area contributed by atoms with Crippen LogP contribution in [0.15, 0.2) is 6.20 Å². The van der Waals surface area contributed by atoms with Crippen LogP contribution in [0.5, 0.6) is 0 Å². The first-order valence-electron chi connectivity index (χ1n) is 5.72. The highest BCUT2D eigenvalue weighted by Gasteiger charge is 2.20. The normalized spacial score (nSPS) is 21.4. The average molecular weight is 239 g/mol. The Morgan fingerprint density at radius 2 is 2.44 bits per heavy atom. The van der Waals surface area contributed by atoms with E-state index in [2.05, 4.69) is 15.6 Å². The van der Waals surface area contributed by atoms with Crippen molar-refractivity contribution in [1.29, 1.82) is 0 Å². The molecule has 1 aromatic rings. The first-order valence-corrected chi connectivity index (χ1v) is 6.54. The van der Waals surface area contributed by atoms with E-state index in [1.807, 2.05) is 6.92 Å². The summed E-state index contributed by atoms with van der Waals surface area (Å²) >= 11 is 1.51. The van der Waals surface area contributed by atoms with Crippen LogP contribution in [0.3, 0.4) is 0 Å². The van der Waals surface area contributed by atoms with E-state index in [0.29, 0.717) is 5.13 Å². The topological polar surface area (TPSA) is 54.0 Å². The molecule has 2 rings (SSSR count). The van der Waals surface area contributed by atoms with Crippen molar-refractivity contribution in [3.63, 3.8) is 0 Å². The molecule has 0 spiro atoms.